The Balaban J connectivity index is 0. The molecule has 0 saturated carbocycles. The minimum absolute atomic E-state index is 0. The van der Waals surface area contributed by atoms with E-state index in [4.69, 9.17) is 5.73 Å². The number of rotatable bonds is 4. The predicted molar refractivity (Wildman–Crippen MR) is 50.5 cm³/mol. The zero-order valence-corrected chi connectivity index (χ0v) is 8.52. The second-order valence-corrected chi connectivity index (χ2v) is 2.25. The third kappa shape index (κ3) is 6.36. The van der Waals surface area contributed by atoms with Crippen LogP contribution >= 0.6 is 12.4 Å². The average Bonchev–Trinajstić information content (AvgIpc) is 2.04. The lowest BCUT2D eigenvalue weighted by Gasteiger charge is -2.11. The van der Waals surface area contributed by atoms with Gasteiger partial charge in [-0.25, -0.2) is 4.79 Å². The van der Waals surface area contributed by atoms with Crippen LogP contribution in [0, 0.1) is 0 Å². The van der Waals surface area contributed by atoms with E-state index in [1.807, 2.05) is 0 Å². The van der Waals surface area contributed by atoms with Crippen molar-refractivity contribution in [1.82, 2.24) is 5.32 Å². The van der Waals surface area contributed by atoms with E-state index in [1.54, 1.807) is 13.8 Å². The first-order valence-corrected chi connectivity index (χ1v) is 3.77. The van der Waals surface area contributed by atoms with Crippen LogP contribution in [0.3, 0.4) is 0 Å². The topological polar surface area (TPSA) is 81.4 Å². The molecule has 0 heterocycles. The second kappa shape index (κ2) is 7.82. The van der Waals surface area contributed by atoms with E-state index < -0.39 is 12.0 Å². The molecule has 0 radical (unpaired) electrons. The molecule has 1 atom stereocenters. The van der Waals surface area contributed by atoms with Crippen molar-refractivity contribution in [3.8, 4) is 0 Å². The van der Waals surface area contributed by atoms with E-state index in [0.29, 0.717) is 6.61 Å². The van der Waals surface area contributed by atoms with E-state index in [2.05, 4.69) is 10.1 Å². The van der Waals surface area contributed by atoms with Crippen molar-refractivity contribution < 1.29 is 14.3 Å². The molecule has 0 aliphatic heterocycles. The number of carbonyl (C=O) groups is 2. The second-order valence-electron chi connectivity index (χ2n) is 2.25. The molecule has 6 heteroatoms. The summed E-state index contributed by atoms with van der Waals surface area (Å²) in [5, 5.41) is 2.38. The normalized spacial score (nSPS) is 11.0. The first-order valence-electron chi connectivity index (χ1n) is 3.77. The van der Waals surface area contributed by atoms with Crippen molar-refractivity contribution in [1.29, 1.82) is 0 Å². The number of carbonyl (C=O) groups excluding carboxylic acids is 2. The Morgan fingerprint density at radius 2 is 2.08 bits per heavy atom. The lowest BCUT2D eigenvalue weighted by atomic mass is 10.3. The average molecular weight is 211 g/mol. The summed E-state index contributed by atoms with van der Waals surface area (Å²) in [4.78, 5) is 21.6. The summed E-state index contributed by atoms with van der Waals surface area (Å²) in [7, 11) is 0. The number of hydrogen-bond donors (Lipinski definition) is 2. The monoisotopic (exact) mass is 210 g/mol. The maximum Gasteiger partial charge on any atom is 0.328 e. The van der Waals surface area contributed by atoms with Crippen LogP contribution in [-0.2, 0) is 14.3 Å². The highest BCUT2D eigenvalue weighted by molar-refractivity contribution is 5.85. The molecular formula is C7H15ClN2O3. The van der Waals surface area contributed by atoms with Crippen LogP contribution in [0.2, 0.25) is 0 Å². The molecule has 78 valence electrons. The maximum atomic E-state index is 10.9. The van der Waals surface area contributed by atoms with Crippen LogP contribution in [0.15, 0.2) is 0 Å². The molecule has 0 aromatic carbocycles. The summed E-state index contributed by atoms with van der Waals surface area (Å²) in [5.74, 6) is -0.810. The first kappa shape index (κ1) is 14.7. The van der Waals surface area contributed by atoms with Crippen molar-refractivity contribution in [3.63, 3.8) is 0 Å². The molecule has 0 aliphatic carbocycles. The van der Waals surface area contributed by atoms with E-state index in [1.165, 1.54) is 0 Å². The molecule has 0 saturated heterocycles. The van der Waals surface area contributed by atoms with Gasteiger partial charge in [-0.1, -0.05) is 0 Å². The minimum atomic E-state index is -0.624. The van der Waals surface area contributed by atoms with Gasteiger partial charge in [0.15, 0.2) is 0 Å². The van der Waals surface area contributed by atoms with Gasteiger partial charge in [-0.3, -0.25) is 4.79 Å². The fraction of sp³-hybridized carbons (Fsp3) is 0.714. The lowest BCUT2D eigenvalue weighted by Crippen LogP contribution is -2.42. The zero-order valence-electron chi connectivity index (χ0n) is 7.70. The van der Waals surface area contributed by atoms with Gasteiger partial charge in [0.2, 0.25) is 5.91 Å². The molecule has 5 nitrogen and oxygen atoms in total. The first-order chi connectivity index (χ1) is 5.61. The Bertz CT molecular complexity index is 175. The van der Waals surface area contributed by atoms with Crippen LogP contribution in [0.1, 0.15) is 13.8 Å². The van der Waals surface area contributed by atoms with Crippen molar-refractivity contribution in [2.45, 2.75) is 19.9 Å². The van der Waals surface area contributed by atoms with Gasteiger partial charge in [0.05, 0.1) is 13.2 Å². The Morgan fingerprint density at radius 3 is 2.46 bits per heavy atom. The standard InChI is InChI=1S/C7H14N2O3.ClH/c1-3-12-7(11)5(2)9-6(10)4-8;/h5H,3-4,8H2,1-2H3,(H,9,10);1H/t5-;/m1./s1. The number of ether oxygens (including phenoxy) is 1. The molecule has 0 bridgehead atoms. The molecule has 0 aromatic rings. The van der Waals surface area contributed by atoms with E-state index in [0.717, 1.165) is 0 Å². The van der Waals surface area contributed by atoms with Gasteiger partial charge < -0.3 is 15.8 Å². The fourth-order valence-corrected chi connectivity index (χ4v) is 0.627. The molecule has 0 aliphatic rings. The van der Waals surface area contributed by atoms with Gasteiger partial charge >= 0.3 is 5.97 Å². The largest absolute Gasteiger partial charge is 0.464 e. The van der Waals surface area contributed by atoms with Crippen LogP contribution in [0.4, 0.5) is 0 Å². The van der Waals surface area contributed by atoms with Gasteiger partial charge in [-0.05, 0) is 13.8 Å². The Morgan fingerprint density at radius 1 is 1.54 bits per heavy atom. The molecule has 0 spiro atoms. The highest BCUT2D eigenvalue weighted by atomic mass is 35.5. The molecule has 13 heavy (non-hydrogen) atoms. The summed E-state index contributed by atoms with van der Waals surface area (Å²) in [6.45, 7) is 3.44. The number of hydrogen-bond acceptors (Lipinski definition) is 4. The summed E-state index contributed by atoms with van der Waals surface area (Å²) >= 11 is 0. The highest BCUT2D eigenvalue weighted by Crippen LogP contribution is 1.86. The molecule has 0 unspecified atom stereocenters. The van der Waals surface area contributed by atoms with E-state index >= 15 is 0 Å². The van der Waals surface area contributed by atoms with Crippen molar-refractivity contribution in [3.05, 3.63) is 0 Å². The van der Waals surface area contributed by atoms with E-state index in [-0.39, 0.29) is 24.9 Å². The van der Waals surface area contributed by atoms with Crippen LogP contribution in [0.25, 0.3) is 0 Å². The summed E-state index contributed by atoms with van der Waals surface area (Å²) in [6, 6.07) is -0.624. The molecule has 1 amide bonds. The summed E-state index contributed by atoms with van der Waals surface area (Å²) in [6.07, 6.45) is 0. The molecule has 0 fully saturated rings. The van der Waals surface area contributed by atoms with Crippen molar-refractivity contribution >= 4 is 24.3 Å². The van der Waals surface area contributed by atoms with Crippen LogP contribution < -0.4 is 11.1 Å². The number of amides is 1. The highest BCUT2D eigenvalue weighted by Gasteiger charge is 2.14. The predicted octanol–water partition coefficient (Wildman–Crippen LogP) is -0.565. The Kier molecular flexibility index (Phi) is 8.84. The minimum Gasteiger partial charge on any atom is -0.464 e. The van der Waals surface area contributed by atoms with Crippen molar-refractivity contribution in [2.75, 3.05) is 13.2 Å². The number of esters is 1. The van der Waals surface area contributed by atoms with Crippen molar-refractivity contribution in [2.24, 2.45) is 5.73 Å². The van der Waals surface area contributed by atoms with Gasteiger partial charge in [-0.2, -0.15) is 0 Å². The third-order valence-corrected chi connectivity index (χ3v) is 1.20. The van der Waals surface area contributed by atoms with Gasteiger partial charge in [-0.15, -0.1) is 12.4 Å². The molecule has 0 aromatic heterocycles. The Hall–Kier alpha value is -0.810. The quantitative estimate of drug-likeness (QED) is 0.610. The SMILES string of the molecule is CCOC(=O)[C@@H](C)NC(=O)CN.Cl. The number of nitrogens with two attached hydrogens (primary N) is 1. The number of halogens is 1. The van der Waals surface area contributed by atoms with Gasteiger partial charge in [0.1, 0.15) is 6.04 Å². The molecule has 0 rings (SSSR count). The lowest BCUT2D eigenvalue weighted by molar-refractivity contribution is -0.146. The van der Waals surface area contributed by atoms with Gasteiger partial charge in [0, 0.05) is 0 Å². The summed E-state index contributed by atoms with van der Waals surface area (Å²) < 4.78 is 4.65. The smallest absolute Gasteiger partial charge is 0.328 e. The maximum absolute atomic E-state index is 10.9. The van der Waals surface area contributed by atoms with Crippen LogP contribution in [0.5, 0.6) is 0 Å². The Labute approximate surface area is 83.4 Å². The zero-order chi connectivity index (χ0) is 9.56. The molecular weight excluding hydrogens is 196 g/mol. The van der Waals surface area contributed by atoms with Gasteiger partial charge in [0.25, 0.3) is 0 Å². The molecule has 3 N–H and O–H groups in total. The van der Waals surface area contributed by atoms with Crippen LogP contribution in [-0.4, -0.2) is 31.1 Å². The fourth-order valence-electron chi connectivity index (χ4n) is 0.627. The summed E-state index contributed by atoms with van der Waals surface area (Å²) in [5.41, 5.74) is 5.03. The van der Waals surface area contributed by atoms with E-state index in [9.17, 15) is 9.59 Å². The third-order valence-electron chi connectivity index (χ3n) is 1.20. The number of nitrogens with one attached hydrogen (secondary N) is 1.